The highest BCUT2D eigenvalue weighted by molar-refractivity contribution is 7.89. The van der Waals surface area contributed by atoms with E-state index in [2.05, 4.69) is 5.32 Å². The summed E-state index contributed by atoms with van der Waals surface area (Å²) in [5.74, 6) is -0.781. The van der Waals surface area contributed by atoms with Crippen LogP contribution in [0.4, 0.5) is 5.69 Å². The van der Waals surface area contributed by atoms with Gasteiger partial charge in [-0.25, -0.2) is 13.2 Å². The number of carbonyl (C=O) groups excluding carboxylic acids is 1. The number of hydrogen-bond acceptors (Lipinski definition) is 7. The molecule has 1 N–H and O–H groups in total. The lowest BCUT2D eigenvalue weighted by Gasteiger charge is -2.31. The highest BCUT2D eigenvalue weighted by Crippen LogP contribution is 2.29. The van der Waals surface area contributed by atoms with Gasteiger partial charge in [0.05, 0.1) is 22.0 Å². The molecule has 0 aromatic heterocycles. The molecule has 152 valence electrons. The van der Waals surface area contributed by atoms with Gasteiger partial charge in [0.1, 0.15) is 0 Å². The molecule has 1 unspecified atom stereocenters. The van der Waals surface area contributed by atoms with Gasteiger partial charge in [0.2, 0.25) is 10.0 Å². The maximum Gasteiger partial charge on any atom is 0.338 e. The van der Waals surface area contributed by atoms with Crippen LogP contribution in [0.25, 0.3) is 0 Å². The summed E-state index contributed by atoms with van der Waals surface area (Å²) in [7, 11) is -2.21. The van der Waals surface area contributed by atoms with Crippen molar-refractivity contribution in [2.75, 3.05) is 26.7 Å². The normalized spacial score (nSPS) is 17.8. The van der Waals surface area contributed by atoms with Gasteiger partial charge in [-0.05, 0) is 39.8 Å². The molecule has 0 saturated carbocycles. The lowest BCUT2D eigenvalue weighted by atomic mass is 10.1. The molecule has 9 nitrogen and oxygen atoms in total. The molecule has 27 heavy (non-hydrogen) atoms. The van der Waals surface area contributed by atoms with Crippen molar-refractivity contribution in [3.63, 3.8) is 0 Å². The predicted octanol–water partition coefficient (Wildman–Crippen LogP) is 1.87. The Morgan fingerprint density at radius 3 is 2.67 bits per heavy atom. The summed E-state index contributed by atoms with van der Waals surface area (Å²) >= 11 is 0. The fourth-order valence-corrected chi connectivity index (χ4v) is 4.55. The first kappa shape index (κ1) is 23.3. The highest BCUT2D eigenvalue weighted by atomic mass is 35.5. The molecule has 1 aliphatic heterocycles. The Kier molecular flexibility index (Phi) is 8.15. The Morgan fingerprint density at radius 2 is 2.11 bits per heavy atom. The molecule has 0 radical (unpaired) electrons. The number of hydrogen-bond donors (Lipinski definition) is 1. The number of likely N-dealkylation sites (N-methyl/N-ethyl adjacent to an activating group) is 1. The van der Waals surface area contributed by atoms with Crippen LogP contribution in [-0.2, 0) is 14.8 Å². The minimum Gasteiger partial charge on any atom is -0.462 e. The van der Waals surface area contributed by atoms with E-state index in [1.54, 1.807) is 14.0 Å². The molecule has 2 rings (SSSR count). The number of nitro benzene ring substituents is 1. The second-order valence-electron chi connectivity index (χ2n) is 6.08. The maximum atomic E-state index is 13.0. The van der Waals surface area contributed by atoms with E-state index < -0.39 is 26.6 Å². The van der Waals surface area contributed by atoms with Crippen molar-refractivity contribution in [3.05, 3.63) is 33.4 Å². The molecule has 11 heteroatoms. The number of esters is 1. The van der Waals surface area contributed by atoms with Crippen molar-refractivity contribution >= 4 is 34.1 Å². The Bertz CT molecular complexity index is 815. The van der Waals surface area contributed by atoms with Crippen molar-refractivity contribution < 1.29 is 22.9 Å². The monoisotopic (exact) mass is 421 g/mol. The molecule has 1 aromatic carbocycles. The zero-order chi connectivity index (χ0) is 19.5. The van der Waals surface area contributed by atoms with Crippen molar-refractivity contribution in [1.29, 1.82) is 0 Å². The van der Waals surface area contributed by atoms with Gasteiger partial charge in [-0.3, -0.25) is 10.1 Å². The van der Waals surface area contributed by atoms with Crippen LogP contribution in [0.5, 0.6) is 0 Å². The fraction of sp³-hybridized carbons (Fsp3) is 0.562. The quantitative estimate of drug-likeness (QED) is 0.423. The van der Waals surface area contributed by atoms with Gasteiger partial charge in [0, 0.05) is 30.8 Å². The summed E-state index contributed by atoms with van der Waals surface area (Å²) in [5, 5.41) is 14.4. The molecule has 0 amide bonds. The third-order valence-corrected chi connectivity index (χ3v) is 6.32. The fourth-order valence-electron chi connectivity index (χ4n) is 2.98. The number of piperidine rings is 1. The Labute approximate surface area is 164 Å². The third kappa shape index (κ3) is 4.95. The van der Waals surface area contributed by atoms with Crippen LogP contribution in [0, 0.1) is 17.0 Å². The molecule has 1 heterocycles. The summed E-state index contributed by atoms with van der Waals surface area (Å²) in [6.07, 6.45) is 1.54. The second kappa shape index (κ2) is 9.45. The standard InChI is InChI=1S/C16H23N3O6S.ClH/c1-4-25-16(20)14-8-13(9-15(11(14)2)19(21)22)26(23,24)18-7-5-6-12(10-18)17-3;/h8-9,12,17H,4-7,10H2,1-3H3;1H. The lowest BCUT2D eigenvalue weighted by Crippen LogP contribution is -2.46. The molecular formula is C16H24ClN3O6S. The molecule has 0 bridgehead atoms. The van der Waals surface area contributed by atoms with E-state index in [1.165, 1.54) is 17.3 Å². The minimum atomic E-state index is -3.97. The van der Waals surface area contributed by atoms with E-state index in [0.717, 1.165) is 12.5 Å². The first-order valence-electron chi connectivity index (χ1n) is 8.36. The summed E-state index contributed by atoms with van der Waals surface area (Å²) in [6, 6.07) is 2.19. The Morgan fingerprint density at radius 1 is 1.44 bits per heavy atom. The molecule has 1 saturated heterocycles. The van der Waals surface area contributed by atoms with Gasteiger partial charge in [0.15, 0.2) is 0 Å². The SMILES string of the molecule is CCOC(=O)c1cc(S(=O)(=O)N2CCCC(NC)C2)cc([N+](=O)[O-])c1C.Cl. The van der Waals surface area contributed by atoms with Gasteiger partial charge in [-0.2, -0.15) is 4.31 Å². The first-order chi connectivity index (χ1) is 12.2. The number of ether oxygens (including phenoxy) is 1. The maximum absolute atomic E-state index is 13.0. The van der Waals surface area contributed by atoms with Crippen LogP contribution in [0.15, 0.2) is 17.0 Å². The zero-order valence-corrected chi connectivity index (χ0v) is 17.1. The van der Waals surface area contributed by atoms with E-state index in [4.69, 9.17) is 4.74 Å². The summed E-state index contributed by atoms with van der Waals surface area (Å²) < 4.78 is 32.2. The number of nitrogens with one attached hydrogen (secondary N) is 1. The van der Waals surface area contributed by atoms with Crippen LogP contribution in [0.3, 0.4) is 0 Å². The van der Waals surface area contributed by atoms with Gasteiger partial charge < -0.3 is 10.1 Å². The van der Waals surface area contributed by atoms with Crippen LogP contribution in [-0.4, -0.2) is 56.4 Å². The number of carbonyl (C=O) groups is 1. The molecule has 0 aliphatic carbocycles. The number of benzene rings is 1. The summed E-state index contributed by atoms with van der Waals surface area (Å²) in [6.45, 7) is 3.69. The lowest BCUT2D eigenvalue weighted by molar-refractivity contribution is -0.385. The number of halogens is 1. The van der Waals surface area contributed by atoms with E-state index in [0.29, 0.717) is 13.0 Å². The average molecular weight is 422 g/mol. The van der Waals surface area contributed by atoms with E-state index in [-0.39, 0.29) is 47.6 Å². The van der Waals surface area contributed by atoms with Crippen LogP contribution >= 0.6 is 12.4 Å². The first-order valence-corrected chi connectivity index (χ1v) is 9.80. The van der Waals surface area contributed by atoms with Gasteiger partial charge in [-0.1, -0.05) is 0 Å². The van der Waals surface area contributed by atoms with Gasteiger partial charge in [0.25, 0.3) is 5.69 Å². The van der Waals surface area contributed by atoms with E-state index in [1.807, 2.05) is 0 Å². The molecule has 1 aliphatic rings. The van der Waals surface area contributed by atoms with Crippen molar-refractivity contribution in [1.82, 2.24) is 9.62 Å². The molecular weight excluding hydrogens is 398 g/mol. The Balaban J connectivity index is 0.00000364. The average Bonchev–Trinajstić information content (AvgIpc) is 2.61. The van der Waals surface area contributed by atoms with Crippen molar-refractivity contribution in [3.8, 4) is 0 Å². The molecule has 1 aromatic rings. The molecule has 0 spiro atoms. The molecule has 1 fully saturated rings. The van der Waals surface area contributed by atoms with Crippen LogP contribution in [0.1, 0.15) is 35.7 Å². The summed E-state index contributed by atoms with van der Waals surface area (Å²) in [5.41, 5.74) is -0.447. The van der Waals surface area contributed by atoms with Crippen LogP contribution < -0.4 is 5.32 Å². The number of nitro groups is 1. The Hall–Kier alpha value is -1.75. The predicted molar refractivity (Wildman–Crippen MR) is 102 cm³/mol. The zero-order valence-electron chi connectivity index (χ0n) is 15.4. The van der Waals surface area contributed by atoms with Gasteiger partial charge >= 0.3 is 5.97 Å². The molecule has 1 atom stereocenters. The van der Waals surface area contributed by atoms with Crippen molar-refractivity contribution in [2.24, 2.45) is 0 Å². The van der Waals surface area contributed by atoms with Crippen molar-refractivity contribution in [2.45, 2.75) is 37.6 Å². The minimum absolute atomic E-state index is 0. The third-order valence-electron chi connectivity index (χ3n) is 4.48. The topological polar surface area (TPSA) is 119 Å². The van der Waals surface area contributed by atoms with E-state index >= 15 is 0 Å². The number of rotatable bonds is 6. The smallest absolute Gasteiger partial charge is 0.338 e. The van der Waals surface area contributed by atoms with E-state index in [9.17, 15) is 23.3 Å². The second-order valence-corrected chi connectivity index (χ2v) is 8.02. The number of nitrogens with zero attached hydrogens (tertiary/aromatic N) is 2. The highest BCUT2D eigenvalue weighted by Gasteiger charge is 2.33. The van der Waals surface area contributed by atoms with Crippen LogP contribution in [0.2, 0.25) is 0 Å². The largest absolute Gasteiger partial charge is 0.462 e. The number of sulfonamides is 1. The summed E-state index contributed by atoms with van der Waals surface area (Å²) in [4.78, 5) is 22.5. The van der Waals surface area contributed by atoms with Gasteiger partial charge in [-0.15, -0.1) is 12.4 Å².